The molecule has 0 aliphatic rings. The molecule has 66 valence electrons. The van der Waals surface area contributed by atoms with Crippen molar-refractivity contribution in [1.29, 1.82) is 0 Å². The van der Waals surface area contributed by atoms with Crippen LogP contribution in [0.3, 0.4) is 0 Å². The van der Waals surface area contributed by atoms with Crippen LogP contribution in [0.15, 0.2) is 17.0 Å². The van der Waals surface area contributed by atoms with Gasteiger partial charge in [-0.05, 0) is 30.9 Å². The number of hydrogen-bond donors (Lipinski definition) is 0. The van der Waals surface area contributed by atoms with Crippen LogP contribution < -0.4 is 4.74 Å². The van der Waals surface area contributed by atoms with Gasteiger partial charge in [-0.2, -0.15) is 0 Å². The van der Waals surface area contributed by atoms with Crippen molar-refractivity contribution < 1.29 is 9.13 Å². The molecule has 0 fully saturated rings. The van der Waals surface area contributed by atoms with Gasteiger partial charge in [0.2, 0.25) is 0 Å². The molecule has 0 N–H and O–H groups in total. The van der Waals surface area contributed by atoms with Gasteiger partial charge < -0.3 is 4.74 Å². The Labute approximate surface area is 75.9 Å². The molecule has 0 aromatic heterocycles. The Balaban J connectivity index is 3.19. The summed E-state index contributed by atoms with van der Waals surface area (Å²) < 4.78 is 18.1. The predicted molar refractivity (Wildman–Crippen MR) is 49.5 cm³/mol. The van der Waals surface area contributed by atoms with Crippen LogP contribution in [-0.2, 0) is 0 Å². The quantitative estimate of drug-likeness (QED) is 0.657. The van der Waals surface area contributed by atoms with E-state index >= 15 is 0 Å². The summed E-state index contributed by atoms with van der Waals surface area (Å²) in [5.41, 5.74) is 0.624. The first-order valence-electron chi connectivity index (χ1n) is 3.57. The number of aryl methyl sites for hydroxylation is 1. The third-order valence-corrected chi connectivity index (χ3v) is 2.36. The van der Waals surface area contributed by atoms with Crippen LogP contribution >= 0.6 is 11.8 Å². The minimum absolute atomic E-state index is 0.268. The van der Waals surface area contributed by atoms with Gasteiger partial charge in [-0.3, -0.25) is 0 Å². The highest BCUT2D eigenvalue weighted by atomic mass is 32.2. The standard InChI is InChI=1S/C9H11FOS/c1-6-4-7(12-3)5-8(11-2)9(6)10/h4-5H,1-3H3. The fourth-order valence-corrected chi connectivity index (χ4v) is 1.49. The minimum Gasteiger partial charge on any atom is -0.494 e. The average Bonchev–Trinajstić information content (AvgIpc) is 2.09. The third kappa shape index (κ3) is 1.72. The lowest BCUT2D eigenvalue weighted by Crippen LogP contribution is -1.91. The molecule has 0 amide bonds. The Morgan fingerprint density at radius 2 is 2.08 bits per heavy atom. The van der Waals surface area contributed by atoms with Gasteiger partial charge in [0.25, 0.3) is 0 Å². The molecule has 0 bridgehead atoms. The normalized spacial score (nSPS) is 10.0. The van der Waals surface area contributed by atoms with Gasteiger partial charge in [0.1, 0.15) is 0 Å². The van der Waals surface area contributed by atoms with Crippen molar-refractivity contribution in [2.24, 2.45) is 0 Å². The molecule has 0 unspecified atom stereocenters. The van der Waals surface area contributed by atoms with E-state index in [1.165, 1.54) is 7.11 Å². The molecular formula is C9H11FOS. The number of methoxy groups -OCH3 is 1. The van der Waals surface area contributed by atoms with Crippen LogP contribution in [0.4, 0.5) is 4.39 Å². The minimum atomic E-state index is -0.268. The molecule has 12 heavy (non-hydrogen) atoms. The maximum atomic E-state index is 13.2. The number of halogens is 1. The van der Waals surface area contributed by atoms with Crippen molar-refractivity contribution in [3.8, 4) is 5.75 Å². The Kier molecular flexibility index (Phi) is 2.98. The summed E-state index contributed by atoms with van der Waals surface area (Å²) in [5.74, 6) is 0.0506. The molecule has 0 saturated carbocycles. The van der Waals surface area contributed by atoms with Gasteiger partial charge in [0.15, 0.2) is 11.6 Å². The first-order valence-corrected chi connectivity index (χ1v) is 4.79. The van der Waals surface area contributed by atoms with E-state index in [0.29, 0.717) is 11.3 Å². The molecule has 0 radical (unpaired) electrons. The summed E-state index contributed by atoms with van der Waals surface area (Å²) in [6.45, 7) is 1.73. The fourth-order valence-electron chi connectivity index (χ4n) is 0.972. The van der Waals surface area contributed by atoms with Gasteiger partial charge in [0, 0.05) is 4.90 Å². The molecule has 1 aromatic rings. The molecule has 0 aliphatic carbocycles. The van der Waals surface area contributed by atoms with Crippen LogP contribution in [0.2, 0.25) is 0 Å². The highest BCUT2D eigenvalue weighted by Gasteiger charge is 2.06. The molecular weight excluding hydrogens is 175 g/mol. The molecule has 0 spiro atoms. The smallest absolute Gasteiger partial charge is 0.168 e. The average molecular weight is 186 g/mol. The van der Waals surface area contributed by atoms with Crippen LogP contribution in [-0.4, -0.2) is 13.4 Å². The lowest BCUT2D eigenvalue weighted by atomic mass is 10.2. The summed E-state index contributed by atoms with van der Waals surface area (Å²) in [7, 11) is 1.47. The number of rotatable bonds is 2. The van der Waals surface area contributed by atoms with Crippen LogP contribution in [0, 0.1) is 12.7 Å². The van der Waals surface area contributed by atoms with Gasteiger partial charge in [-0.15, -0.1) is 11.8 Å². The largest absolute Gasteiger partial charge is 0.494 e. The maximum absolute atomic E-state index is 13.2. The van der Waals surface area contributed by atoms with Crippen molar-refractivity contribution in [2.75, 3.05) is 13.4 Å². The molecule has 1 rings (SSSR count). The van der Waals surface area contributed by atoms with Crippen molar-refractivity contribution >= 4 is 11.8 Å². The topological polar surface area (TPSA) is 9.23 Å². The summed E-state index contributed by atoms with van der Waals surface area (Å²) in [5, 5.41) is 0. The van der Waals surface area contributed by atoms with E-state index in [9.17, 15) is 4.39 Å². The zero-order valence-corrected chi connectivity index (χ0v) is 8.17. The van der Waals surface area contributed by atoms with E-state index in [0.717, 1.165) is 4.90 Å². The Morgan fingerprint density at radius 1 is 1.42 bits per heavy atom. The first kappa shape index (κ1) is 9.39. The van der Waals surface area contributed by atoms with E-state index in [2.05, 4.69) is 0 Å². The lowest BCUT2D eigenvalue weighted by molar-refractivity contribution is 0.383. The summed E-state index contributed by atoms with van der Waals surface area (Å²) in [4.78, 5) is 1.02. The highest BCUT2D eigenvalue weighted by molar-refractivity contribution is 7.98. The summed E-state index contributed by atoms with van der Waals surface area (Å²) in [6, 6.07) is 3.51. The predicted octanol–water partition coefficient (Wildman–Crippen LogP) is 2.86. The Bertz CT molecular complexity index is 286. The van der Waals surface area contributed by atoms with Crippen molar-refractivity contribution in [2.45, 2.75) is 11.8 Å². The van der Waals surface area contributed by atoms with E-state index in [1.54, 1.807) is 24.8 Å². The molecule has 1 aromatic carbocycles. The number of benzene rings is 1. The maximum Gasteiger partial charge on any atom is 0.168 e. The van der Waals surface area contributed by atoms with Crippen LogP contribution in [0.1, 0.15) is 5.56 Å². The van der Waals surface area contributed by atoms with Gasteiger partial charge >= 0.3 is 0 Å². The van der Waals surface area contributed by atoms with Crippen LogP contribution in [0.5, 0.6) is 5.75 Å². The second kappa shape index (κ2) is 3.81. The molecule has 3 heteroatoms. The van der Waals surface area contributed by atoms with Crippen LogP contribution in [0.25, 0.3) is 0 Å². The second-order valence-electron chi connectivity index (χ2n) is 2.46. The van der Waals surface area contributed by atoms with Gasteiger partial charge in [-0.25, -0.2) is 4.39 Å². The fraction of sp³-hybridized carbons (Fsp3) is 0.333. The molecule has 0 heterocycles. The van der Waals surface area contributed by atoms with Crippen molar-refractivity contribution in [3.05, 3.63) is 23.5 Å². The SMILES string of the molecule is COc1cc(SC)cc(C)c1F. The second-order valence-corrected chi connectivity index (χ2v) is 3.34. The lowest BCUT2D eigenvalue weighted by Gasteiger charge is -2.06. The number of hydrogen-bond acceptors (Lipinski definition) is 2. The number of ether oxygens (including phenoxy) is 1. The Hall–Kier alpha value is -0.700. The molecule has 0 atom stereocenters. The monoisotopic (exact) mass is 186 g/mol. The van der Waals surface area contributed by atoms with E-state index in [1.807, 2.05) is 12.3 Å². The summed E-state index contributed by atoms with van der Waals surface area (Å²) in [6.07, 6.45) is 1.95. The van der Waals surface area contributed by atoms with Crippen molar-refractivity contribution in [3.63, 3.8) is 0 Å². The van der Waals surface area contributed by atoms with E-state index in [-0.39, 0.29) is 5.82 Å². The van der Waals surface area contributed by atoms with E-state index < -0.39 is 0 Å². The summed E-state index contributed by atoms with van der Waals surface area (Å²) >= 11 is 1.57. The molecule has 0 aliphatic heterocycles. The third-order valence-electron chi connectivity index (χ3n) is 1.65. The zero-order chi connectivity index (χ0) is 9.14. The van der Waals surface area contributed by atoms with E-state index in [4.69, 9.17) is 4.74 Å². The number of thioether (sulfide) groups is 1. The van der Waals surface area contributed by atoms with Gasteiger partial charge in [0.05, 0.1) is 7.11 Å². The zero-order valence-electron chi connectivity index (χ0n) is 7.35. The molecule has 0 saturated heterocycles. The first-order chi connectivity index (χ1) is 5.69. The Morgan fingerprint density at radius 3 is 2.58 bits per heavy atom. The van der Waals surface area contributed by atoms with Gasteiger partial charge in [-0.1, -0.05) is 0 Å². The highest BCUT2D eigenvalue weighted by Crippen LogP contribution is 2.26. The molecule has 1 nitrogen and oxygen atoms in total. The van der Waals surface area contributed by atoms with Crippen molar-refractivity contribution in [1.82, 2.24) is 0 Å².